The van der Waals surface area contributed by atoms with E-state index in [0.717, 1.165) is 0 Å². The molecular formula is C15H12Cl3NO2. The molecule has 0 aliphatic rings. The van der Waals surface area contributed by atoms with Crippen molar-refractivity contribution < 1.29 is 9.90 Å². The Labute approximate surface area is 137 Å². The van der Waals surface area contributed by atoms with Gasteiger partial charge in [-0.1, -0.05) is 53.0 Å². The zero-order chi connectivity index (χ0) is 15.6. The number of rotatable bonds is 4. The zero-order valence-corrected chi connectivity index (χ0v) is 13.3. The highest BCUT2D eigenvalue weighted by Gasteiger charge is 2.37. The Morgan fingerprint density at radius 1 is 1.10 bits per heavy atom. The van der Waals surface area contributed by atoms with Crippen LogP contribution in [0.1, 0.15) is 12.5 Å². The summed E-state index contributed by atoms with van der Waals surface area (Å²) >= 11 is 18.1. The largest absolute Gasteiger partial charge is 0.479 e. The fourth-order valence-corrected chi connectivity index (χ4v) is 2.74. The number of hydrogen-bond donors (Lipinski definition) is 2. The number of nitrogens with one attached hydrogen (secondary N) is 1. The van der Waals surface area contributed by atoms with Crippen molar-refractivity contribution in [2.75, 3.05) is 5.32 Å². The van der Waals surface area contributed by atoms with Gasteiger partial charge in [-0.15, -0.1) is 0 Å². The Morgan fingerprint density at radius 3 is 2.33 bits per heavy atom. The number of anilines is 1. The van der Waals surface area contributed by atoms with E-state index in [1.54, 1.807) is 36.4 Å². The molecule has 0 amide bonds. The molecule has 0 radical (unpaired) electrons. The first kappa shape index (κ1) is 16.0. The molecule has 0 aliphatic heterocycles. The van der Waals surface area contributed by atoms with Gasteiger partial charge in [0.15, 0.2) is 5.54 Å². The van der Waals surface area contributed by atoms with Gasteiger partial charge in [0.2, 0.25) is 0 Å². The molecule has 1 unspecified atom stereocenters. The van der Waals surface area contributed by atoms with Crippen molar-refractivity contribution in [2.45, 2.75) is 12.5 Å². The van der Waals surface area contributed by atoms with Gasteiger partial charge in [0.05, 0.1) is 10.7 Å². The third kappa shape index (κ3) is 3.26. The molecule has 2 N–H and O–H groups in total. The first-order valence-corrected chi connectivity index (χ1v) is 7.19. The third-order valence-electron chi connectivity index (χ3n) is 3.16. The lowest BCUT2D eigenvalue weighted by Gasteiger charge is -2.29. The van der Waals surface area contributed by atoms with Crippen molar-refractivity contribution in [1.29, 1.82) is 0 Å². The summed E-state index contributed by atoms with van der Waals surface area (Å²) in [5, 5.41) is 13.7. The van der Waals surface area contributed by atoms with Gasteiger partial charge in [-0.05, 0) is 31.2 Å². The summed E-state index contributed by atoms with van der Waals surface area (Å²) in [5.74, 6) is -1.08. The van der Waals surface area contributed by atoms with E-state index in [1.165, 1.54) is 13.0 Å². The molecule has 1 atom stereocenters. The standard InChI is InChI=1S/C15H12Cl3NO2/c1-15(14(20)21,10-7-6-9(16)8-12(10)18)19-13-5-3-2-4-11(13)17/h2-8,19H,1H3,(H,20,21). The summed E-state index contributed by atoms with van der Waals surface area (Å²) in [6.45, 7) is 1.52. The Bertz CT molecular complexity index is 690. The molecular weight excluding hydrogens is 333 g/mol. The molecule has 0 aliphatic carbocycles. The summed E-state index contributed by atoms with van der Waals surface area (Å²) < 4.78 is 0. The van der Waals surface area contributed by atoms with Crippen LogP contribution < -0.4 is 5.32 Å². The van der Waals surface area contributed by atoms with Gasteiger partial charge in [-0.2, -0.15) is 0 Å². The quantitative estimate of drug-likeness (QED) is 0.815. The average Bonchev–Trinajstić information content (AvgIpc) is 2.41. The van der Waals surface area contributed by atoms with E-state index in [1.807, 2.05) is 0 Å². The molecule has 0 aromatic heterocycles. The van der Waals surface area contributed by atoms with Gasteiger partial charge in [0.1, 0.15) is 0 Å². The molecule has 0 saturated heterocycles. The topological polar surface area (TPSA) is 49.3 Å². The Hall–Kier alpha value is -1.42. The van der Waals surface area contributed by atoms with E-state index in [9.17, 15) is 9.90 Å². The fourth-order valence-electron chi connectivity index (χ4n) is 1.96. The van der Waals surface area contributed by atoms with Gasteiger partial charge in [0, 0.05) is 15.6 Å². The minimum Gasteiger partial charge on any atom is -0.479 e. The van der Waals surface area contributed by atoms with E-state index in [0.29, 0.717) is 21.3 Å². The van der Waals surface area contributed by atoms with Crippen LogP contribution >= 0.6 is 34.8 Å². The predicted octanol–water partition coefficient (Wildman–Crippen LogP) is 5.06. The lowest BCUT2D eigenvalue weighted by atomic mass is 9.91. The molecule has 3 nitrogen and oxygen atoms in total. The minimum absolute atomic E-state index is 0.270. The van der Waals surface area contributed by atoms with Gasteiger partial charge < -0.3 is 10.4 Å². The molecule has 2 rings (SSSR count). The highest BCUT2D eigenvalue weighted by Crippen LogP contribution is 2.35. The van der Waals surface area contributed by atoms with Crippen molar-refractivity contribution >= 4 is 46.5 Å². The van der Waals surface area contributed by atoms with Crippen molar-refractivity contribution in [2.24, 2.45) is 0 Å². The molecule has 21 heavy (non-hydrogen) atoms. The van der Waals surface area contributed by atoms with Crippen LogP contribution in [-0.4, -0.2) is 11.1 Å². The van der Waals surface area contributed by atoms with Crippen LogP contribution in [0.4, 0.5) is 5.69 Å². The highest BCUT2D eigenvalue weighted by atomic mass is 35.5. The van der Waals surface area contributed by atoms with Crippen molar-refractivity contribution in [1.82, 2.24) is 0 Å². The summed E-state index contributed by atoms with van der Waals surface area (Å²) in [4.78, 5) is 11.8. The van der Waals surface area contributed by atoms with E-state index >= 15 is 0 Å². The maximum atomic E-state index is 11.8. The van der Waals surface area contributed by atoms with Crippen LogP contribution in [0.2, 0.25) is 15.1 Å². The van der Waals surface area contributed by atoms with E-state index in [4.69, 9.17) is 34.8 Å². The number of carboxylic acid groups (broad SMARTS) is 1. The van der Waals surface area contributed by atoms with E-state index in [2.05, 4.69) is 5.32 Å². The van der Waals surface area contributed by atoms with Crippen LogP contribution in [0.25, 0.3) is 0 Å². The summed E-state index contributed by atoms with van der Waals surface area (Å²) in [6.07, 6.45) is 0. The molecule has 0 bridgehead atoms. The number of halogens is 3. The monoisotopic (exact) mass is 343 g/mol. The number of carbonyl (C=O) groups is 1. The number of para-hydroxylation sites is 1. The van der Waals surface area contributed by atoms with Gasteiger partial charge in [0.25, 0.3) is 0 Å². The Kier molecular flexibility index (Phi) is 4.67. The van der Waals surface area contributed by atoms with Crippen LogP contribution in [0.15, 0.2) is 42.5 Å². The molecule has 6 heteroatoms. The normalized spacial score (nSPS) is 13.5. The predicted molar refractivity (Wildman–Crippen MR) is 86.5 cm³/mol. The Balaban J connectivity index is 2.51. The van der Waals surface area contributed by atoms with Crippen LogP contribution in [0.3, 0.4) is 0 Å². The summed E-state index contributed by atoms with van der Waals surface area (Å²) in [7, 11) is 0. The zero-order valence-electron chi connectivity index (χ0n) is 11.0. The maximum Gasteiger partial charge on any atom is 0.333 e. The molecule has 0 spiro atoms. The number of hydrogen-bond acceptors (Lipinski definition) is 2. The molecule has 2 aromatic rings. The van der Waals surface area contributed by atoms with E-state index < -0.39 is 11.5 Å². The van der Waals surface area contributed by atoms with Crippen LogP contribution in [-0.2, 0) is 10.3 Å². The summed E-state index contributed by atoms with van der Waals surface area (Å²) in [5.41, 5.74) is -0.525. The van der Waals surface area contributed by atoms with Gasteiger partial charge in [-0.25, -0.2) is 4.79 Å². The minimum atomic E-state index is -1.44. The first-order valence-electron chi connectivity index (χ1n) is 6.06. The highest BCUT2D eigenvalue weighted by molar-refractivity contribution is 6.35. The molecule has 2 aromatic carbocycles. The van der Waals surface area contributed by atoms with Crippen molar-refractivity contribution in [3.8, 4) is 0 Å². The van der Waals surface area contributed by atoms with E-state index in [-0.39, 0.29) is 5.02 Å². The number of carboxylic acids is 1. The average molecular weight is 345 g/mol. The molecule has 0 heterocycles. The second-order valence-corrected chi connectivity index (χ2v) is 5.91. The second-order valence-electron chi connectivity index (χ2n) is 4.66. The lowest BCUT2D eigenvalue weighted by Crippen LogP contribution is -2.40. The number of benzene rings is 2. The second kappa shape index (κ2) is 6.14. The summed E-state index contributed by atoms with van der Waals surface area (Å²) in [6, 6.07) is 11.6. The number of aliphatic carboxylic acids is 1. The molecule has 0 saturated carbocycles. The van der Waals surface area contributed by atoms with Crippen LogP contribution in [0, 0.1) is 0 Å². The molecule has 0 fully saturated rings. The lowest BCUT2D eigenvalue weighted by molar-refractivity contribution is -0.142. The van der Waals surface area contributed by atoms with Crippen LogP contribution in [0.5, 0.6) is 0 Å². The smallest absolute Gasteiger partial charge is 0.333 e. The van der Waals surface area contributed by atoms with Gasteiger partial charge >= 0.3 is 5.97 Å². The van der Waals surface area contributed by atoms with Crippen molar-refractivity contribution in [3.05, 3.63) is 63.1 Å². The molecule has 110 valence electrons. The SMILES string of the molecule is CC(Nc1ccccc1Cl)(C(=O)O)c1ccc(Cl)cc1Cl. The first-order chi connectivity index (χ1) is 9.84. The Morgan fingerprint density at radius 2 is 1.76 bits per heavy atom. The van der Waals surface area contributed by atoms with Crippen molar-refractivity contribution in [3.63, 3.8) is 0 Å². The maximum absolute atomic E-state index is 11.8. The van der Waals surface area contributed by atoms with Gasteiger partial charge in [-0.3, -0.25) is 0 Å². The fraction of sp³-hybridized carbons (Fsp3) is 0.133. The third-order valence-corrected chi connectivity index (χ3v) is 4.03.